The maximum Gasteiger partial charge on any atom is 0.410 e. The predicted molar refractivity (Wildman–Crippen MR) is 112 cm³/mol. The van der Waals surface area contributed by atoms with Gasteiger partial charge in [-0.1, -0.05) is 30.3 Å². The van der Waals surface area contributed by atoms with E-state index in [1.807, 2.05) is 63.2 Å². The summed E-state index contributed by atoms with van der Waals surface area (Å²) in [6.07, 6.45) is 0.366. The van der Waals surface area contributed by atoms with Gasteiger partial charge in [0.05, 0.1) is 12.7 Å². The van der Waals surface area contributed by atoms with Crippen molar-refractivity contribution < 1.29 is 19.1 Å². The molecule has 0 bridgehead atoms. The summed E-state index contributed by atoms with van der Waals surface area (Å²) in [7, 11) is 1.37. The molecule has 2 aromatic rings. The molecule has 0 saturated heterocycles. The lowest BCUT2D eigenvalue weighted by Crippen LogP contribution is -2.40. The van der Waals surface area contributed by atoms with Gasteiger partial charge in [-0.05, 0) is 56.0 Å². The average molecular weight is 396 g/mol. The Hall–Kier alpha value is -3.02. The van der Waals surface area contributed by atoms with Crippen LogP contribution >= 0.6 is 0 Å². The Morgan fingerprint density at radius 1 is 1.10 bits per heavy atom. The van der Waals surface area contributed by atoms with Crippen molar-refractivity contribution in [2.45, 2.75) is 45.9 Å². The summed E-state index contributed by atoms with van der Waals surface area (Å²) in [5.41, 5.74) is 3.84. The Kier molecular flexibility index (Phi) is 6.11. The van der Waals surface area contributed by atoms with Gasteiger partial charge in [0, 0.05) is 25.3 Å². The monoisotopic (exact) mass is 396 g/mol. The standard InChI is InChI=1S/C23H28N2O4/c1-23(2,3)29-22(27)25-11-10-17-13-20(24-14-16-8-6-5-7-9-16)19(21(26)28-4)12-18(17)15-25/h5-9,12-13,24H,10-11,14-15H2,1-4H3. The smallest absolute Gasteiger partial charge is 0.410 e. The van der Waals surface area contributed by atoms with Gasteiger partial charge in [0.15, 0.2) is 0 Å². The third-order valence-electron chi connectivity index (χ3n) is 4.73. The molecule has 1 aliphatic rings. The van der Waals surface area contributed by atoms with Crippen molar-refractivity contribution in [2.75, 3.05) is 19.0 Å². The zero-order valence-electron chi connectivity index (χ0n) is 17.5. The molecule has 0 unspecified atom stereocenters. The molecule has 6 heteroatoms. The molecule has 2 aromatic carbocycles. The molecule has 1 amide bonds. The normalized spacial score (nSPS) is 13.4. The summed E-state index contributed by atoms with van der Waals surface area (Å²) in [5.74, 6) is -0.405. The number of nitrogens with one attached hydrogen (secondary N) is 1. The van der Waals surface area contributed by atoms with Crippen molar-refractivity contribution >= 4 is 17.7 Å². The number of benzene rings is 2. The number of carbonyl (C=O) groups is 2. The van der Waals surface area contributed by atoms with Crippen LogP contribution in [0.2, 0.25) is 0 Å². The van der Waals surface area contributed by atoms with E-state index in [-0.39, 0.29) is 6.09 Å². The molecular weight excluding hydrogens is 368 g/mol. The molecule has 1 aliphatic heterocycles. The molecule has 29 heavy (non-hydrogen) atoms. The largest absolute Gasteiger partial charge is 0.465 e. The second-order valence-electron chi connectivity index (χ2n) is 8.15. The Balaban J connectivity index is 1.82. The Morgan fingerprint density at radius 2 is 1.83 bits per heavy atom. The fraction of sp³-hybridized carbons (Fsp3) is 0.391. The zero-order chi connectivity index (χ0) is 21.0. The molecule has 154 valence electrons. The van der Waals surface area contributed by atoms with E-state index in [2.05, 4.69) is 5.32 Å². The molecule has 3 rings (SSSR count). The number of rotatable bonds is 4. The van der Waals surface area contributed by atoms with Crippen LogP contribution in [0.25, 0.3) is 0 Å². The van der Waals surface area contributed by atoms with Gasteiger partial charge in [-0.25, -0.2) is 9.59 Å². The minimum absolute atomic E-state index is 0.339. The Labute approximate surface area is 171 Å². The number of carbonyl (C=O) groups excluding carboxylic acids is 2. The summed E-state index contributed by atoms with van der Waals surface area (Å²) in [4.78, 5) is 26.5. The highest BCUT2D eigenvalue weighted by Gasteiger charge is 2.27. The number of hydrogen-bond donors (Lipinski definition) is 1. The summed E-state index contributed by atoms with van der Waals surface area (Å²) in [5, 5.41) is 3.35. The lowest BCUT2D eigenvalue weighted by atomic mass is 9.96. The molecule has 0 radical (unpaired) electrons. The molecule has 0 aromatic heterocycles. The average Bonchev–Trinajstić information content (AvgIpc) is 2.70. The number of ether oxygens (including phenoxy) is 2. The fourth-order valence-electron chi connectivity index (χ4n) is 3.31. The topological polar surface area (TPSA) is 67.9 Å². The van der Waals surface area contributed by atoms with Crippen LogP contribution < -0.4 is 5.32 Å². The second-order valence-corrected chi connectivity index (χ2v) is 8.15. The van der Waals surface area contributed by atoms with Crippen LogP contribution in [0.5, 0.6) is 0 Å². The molecular formula is C23H28N2O4. The van der Waals surface area contributed by atoms with E-state index in [1.165, 1.54) is 7.11 Å². The summed E-state index contributed by atoms with van der Waals surface area (Å²) < 4.78 is 10.5. The van der Waals surface area contributed by atoms with E-state index < -0.39 is 11.6 Å². The minimum Gasteiger partial charge on any atom is -0.465 e. The van der Waals surface area contributed by atoms with Crippen LogP contribution in [0.15, 0.2) is 42.5 Å². The highest BCUT2D eigenvalue weighted by molar-refractivity contribution is 5.96. The van der Waals surface area contributed by atoms with E-state index in [0.717, 1.165) is 22.4 Å². The van der Waals surface area contributed by atoms with Crippen molar-refractivity contribution in [2.24, 2.45) is 0 Å². The Morgan fingerprint density at radius 3 is 2.48 bits per heavy atom. The highest BCUT2D eigenvalue weighted by atomic mass is 16.6. The fourth-order valence-corrected chi connectivity index (χ4v) is 3.31. The summed E-state index contributed by atoms with van der Waals surface area (Å²) in [6.45, 7) is 7.15. The third-order valence-corrected chi connectivity index (χ3v) is 4.73. The van der Waals surface area contributed by atoms with Crippen LogP contribution in [0, 0.1) is 0 Å². The van der Waals surface area contributed by atoms with Gasteiger partial charge in [-0.15, -0.1) is 0 Å². The lowest BCUT2D eigenvalue weighted by Gasteiger charge is -2.31. The van der Waals surface area contributed by atoms with Crippen molar-refractivity contribution in [1.29, 1.82) is 0 Å². The molecule has 1 N–H and O–H groups in total. The first-order valence-electron chi connectivity index (χ1n) is 9.76. The van der Waals surface area contributed by atoms with E-state index in [1.54, 1.807) is 4.90 Å². The summed E-state index contributed by atoms with van der Waals surface area (Å²) >= 11 is 0. The van der Waals surface area contributed by atoms with Crippen LogP contribution in [0.4, 0.5) is 10.5 Å². The maximum absolute atomic E-state index is 12.4. The van der Waals surface area contributed by atoms with Crippen LogP contribution in [0.3, 0.4) is 0 Å². The lowest BCUT2D eigenvalue weighted by molar-refractivity contribution is 0.0224. The number of anilines is 1. The molecule has 0 aliphatic carbocycles. The van der Waals surface area contributed by atoms with Gasteiger partial charge in [-0.2, -0.15) is 0 Å². The van der Waals surface area contributed by atoms with E-state index in [0.29, 0.717) is 31.6 Å². The van der Waals surface area contributed by atoms with Crippen molar-refractivity contribution in [3.63, 3.8) is 0 Å². The number of fused-ring (bicyclic) bond motifs is 1. The van der Waals surface area contributed by atoms with E-state index >= 15 is 0 Å². The van der Waals surface area contributed by atoms with Gasteiger partial charge in [0.2, 0.25) is 0 Å². The van der Waals surface area contributed by atoms with Crippen molar-refractivity contribution in [3.8, 4) is 0 Å². The third kappa shape index (κ3) is 5.28. The second kappa shape index (κ2) is 8.55. The molecule has 0 atom stereocenters. The molecule has 1 heterocycles. The molecule has 6 nitrogen and oxygen atoms in total. The number of esters is 1. The van der Waals surface area contributed by atoms with Crippen molar-refractivity contribution in [3.05, 3.63) is 64.7 Å². The molecule has 0 fully saturated rings. The van der Waals surface area contributed by atoms with Gasteiger partial charge < -0.3 is 19.7 Å². The number of hydrogen-bond acceptors (Lipinski definition) is 5. The minimum atomic E-state index is -0.542. The first-order valence-corrected chi connectivity index (χ1v) is 9.76. The van der Waals surface area contributed by atoms with Crippen LogP contribution in [-0.4, -0.2) is 36.2 Å². The zero-order valence-corrected chi connectivity index (χ0v) is 17.5. The van der Waals surface area contributed by atoms with Gasteiger partial charge >= 0.3 is 12.1 Å². The SMILES string of the molecule is COC(=O)c1cc2c(cc1NCc1ccccc1)CCN(C(=O)OC(C)(C)C)C2. The number of nitrogens with zero attached hydrogens (tertiary/aromatic N) is 1. The van der Waals surface area contributed by atoms with Crippen LogP contribution in [-0.2, 0) is 29.0 Å². The van der Waals surface area contributed by atoms with Gasteiger partial charge in [-0.3, -0.25) is 0 Å². The van der Waals surface area contributed by atoms with Crippen molar-refractivity contribution in [1.82, 2.24) is 4.90 Å². The quantitative estimate of drug-likeness (QED) is 0.777. The molecule has 0 saturated carbocycles. The van der Waals surface area contributed by atoms with Crippen LogP contribution in [0.1, 0.15) is 47.8 Å². The summed E-state index contributed by atoms with van der Waals surface area (Å²) in [6, 6.07) is 13.8. The first-order chi connectivity index (χ1) is 13.8. The van der Waals surface area contributed by atoms with E-state index in [9.17, 15) is 9.59 Å². The first kappa shape index (κ1) is 20.7. The maximum atomic E-state index is 12.4. The Bertz CT molecular complexity index is 888. The van der Waals surface area contributed by atoms with E-state index in [4.69, 9.17) is 9.47 Å². The number of methoxy groups -OCH3 is 1. The van der Waals surface area contributed by atoms with Gasteiger partial charge in [0.25, 0.3) is 0 Å². The van der Waals surface area contributed by atoms with Gasteiger partial charge in [0.1, 0.15) is 5.60 Å². The highest BCUT2D eigenvalue weighted by Crippen LogP contribution is 2.28. The predicted octanol–water partition coefficient (Wildman–Crippen LogP) is 4.38. The molecule has 0 spiro atoms. The number of amides is 1.